The molecular formula is C22H26FN5O3. The first-order valence-electron chi connectivity index (χ1n) is 10.5. The van der Waals surface area contributed by atoms with Crippen LogP contribution in [0.1, 0.15) is 59.1 Å². The van der Waals surface area contributed by atoms with Gasteiger partial charge in [-0.25, -0.2) is 4.39 Å². The lowest BCUT2D eigenvalue weighted by Gasteiger charge is -2.41. The normalized spacial score (nSPS) is 21.1. The maximum Gasteiger partial charge on any atom is 0.272 e. The standard InChI is InChI=1S/C22H26FN5O3/c1-22(21(31)25-16-8-3-4-9-16)13-28-18(20(30)27(22)2)11-17(26-28)19(29)24-12-14-6-5-7-15(23)10-14/h5-7,10-11,16H,3-4,8-9,12-13H2,1-2H3,(H,24,29)(H,25,31). The lowest BCUT2D eigenvalue weighted by Crippen LogP contribution is -2.63. The van der Waals surface area contributed by atoms with Crippen LogP contribution in [0.3, 0.4) is 0 Å². The highest BCUT2D eigenvalue weighted by Gasteiger charge is 2.46. The molecule has 1 atom stereocenters. The second kappa shape index (κ2) is 8.13. The molecule has 31 heavy (non-hydrogen) atoms. The van der Waals surface area contributed by atoms with Gasteiger partial charge in [0, 0.05) is 25.7 Å². The smallest absolute Gasteiger partial charge is 0.272 e. The number of likely N-dealkylation sites (N-methyl/N-ethyl adjacent to an activating group) is 1. The van der Waals surface area contributed by atoms with Gasteiger partial charge in [0.15, 0.2) is 5.69 Å². The number of nitrogens with zero attached hydrogens (tertiary/aromatic N) is 3. The third-order valence-corrected chi connectivity index (χ3v) is 6.26. The number of benzene rings is 1. The van der Waals surface area contributed by atoms with Gasteiger partial charge in [-0.1, -0.05) is 25.0 Å². The fraction of sp³-hybridized carbons (Fsp3) is 0.455. The van der Waals surface area contributed by atoms with Crippen LogP contribution in [0, 0.1) is 5.82 Å². The van der Waals surface area contributed by atoms with Gasteiger partial charge in [0.1, 0.15) is 17.1 Å². The zero-order chi connectivity index (χ0) is 22.2. The van der Waals surface area contributed by atoms with Gasteiger partial charge in [-0.3, -0.25) is 19.1 Å². The number of halogens is 1. The Morgan fingerprint density at radius 3 is 2.71 bits per heavy atom. The minimum absolute atomic E-state index is 0.0774. The molecule has 0 spiro atoms. The molecule has 164 valence electrons. The van der Waals surface area contributed by atoms with Crippen LogP contribution in [0.2, 0.25) is 0 Å². The summed E-state index contributed by atoms with van der Waals surface area (Å²) in [5, 5.41) is 10.0. The van der Waals surface area contributed by atoms with E-state index in [4.69, 9.17) is 0 Å². The third-order valence-electron chi connectivity index (χ3n) is 6.26. The van der Waals surface area contributed by atoms with Gasteiger partial charge in [-0.2, -0.15) is 5.10 Å². The van der Waals surface area contributed by atoms with Gasteiger partial charge in [-0.05, 0) is 37.5 Å². The summed E-state index contributed by atoms with van der Waals surface area (Å²) in [5.74, 6) is -1.44. The van der Waals surface area contributed by atoms with Crippen LogP contribution < -0.4 is 10.6 Å². The summed E-state index contributed by atoms with van der Waals surface area (Å²) in [5.41, 5.74) is -0.156. The highest BCUT2D eigenvalue weighted by molar-refractivity contribution is 6.01. The molecular weight excluding hydrogens is 401 g/mol. The molecule has 1 fully saturated rings. The largest absolute Gasteiger partial charge is 0.351 e. The molecule has 1 aliphatic carbocycles. The Labute approximate surface area is 179 Å². The van der Waals surface area contributed by atoms with Crippen molar-refractivity contribution in [1.29, 1.82) is 0 Å². The predicted octanol–water partition coefficient (Wildman–Crippen LogP) is 1.86. The Morgan fingerprint density at radius 1 is 1.26 bits per heavy atom. The van der Waals surface area contributed by atoms with Gasteiger partial charge >= 0.3 is 0 Å². The number of carbonyl (C=O) groups excluding carboxylic acids is 3. The number of hydrogen-bond donors (Lipinski definition) is 2. The molecule has 2 aromatic rings. The molecule has 9 heteroatoms. The fourth-order valence-corrected chi connectivity index (χ4v) is 4.17. The Bertz CT molecular complexity index is 1030. The van der Waals surface area contributed by atoms with Crippen molar-refractivity contribution in [2.45, 2.75) is 57.3 Å². The summed E-state index contributed by atoms with van der Waals surface area (Å²) in [4.78, 5) is 39.9. The Hall–Kier alpha value is -3.23. The maximum absolute atomic E-state index is 13.3. The summed E-state index contributed by atoms with van der Waals surface area (Å²) < 4.78 is 14.7. The molecule has 4 rings (SSSR count). The Kier molecular flexibility index (Phi) is 5.51. The van der Waals surface area contributed by atoms with Gasteiger partial charge in [0.25, 0.3) is 11.8 Å². The van der Waals surface area contributed by atoms with Crippen LogP contribution in [0.25, 0.3) is 0 Å². The van der Waals surface area contributed by atoms with Crippen molar-refractivity contribution < 1.29 is 18.8 Å². The average molecular weight is 427 g/mol. The predicted molar refractivity (Wildman–Crippen MR) is 111 cm³/mol. The minimum Gasteiger partial charge on any atom is -0.351 e. The van der Waals surface area contributed by atoms with E-state index in [0.717, 1.165) is 25.7 Å². The van der Waals surface area contributed by atoms with Gasteiger partial charge in [-0.15, -0.1) is 0 Å². The van der Waals surface area contributed by atoms with E-state index in [-0.39, 0.29) is 48.2 Å². The number of nitrogens with one attached hydrogen (secondary N) is 2. The molecule has 1 aromatic carbocycles. The topological polar surface area (TPSA) is 96.3 Å². The van der Waals surface area contributed by atoms with Crippen LogP contribution in [0.4, 0.5) is 4.39 Å². The van der Waals surface area contributed by atoms with Crippen molar-refractivity contribution in [1.82, 2.24) is 25.3 Å². The zero-order valence-corrected chi connectivity index (χ0v) is 17.7. The van der Waals surface area contributed by atoms with Gasteiger partial charge in [0.05, 0.1) is 6.54 Å². The van der Waals surface area contributed by atoms with Crippen LogP contribution in [-0.2, 0) is 17.9 Å². The molecule has 0 saturated heterocycles. The first kappa shape index (κ1) is 21.0. The number of rotatable bonds is 5. The van der Waals surface area contributed by atoms with Gasteiger partial charge in [0.2, 0.25) is 5.91 Å². The second-order valence-electron chi connectivity index (χ2n) is 8.48. The fourth-order valence-electron chi connectivity index (χ4n) is 4.17. The molecule has 1 saturated carbocycles. The van der Waals surface area contributed by atoms with Crippen molar-refractivity contribution >= 4 is 17.7 Å². The molecule has 1 aromatic heterocycles. The molecule has 0 bridgehead atoms. The second-order valence-corrected chi connectivity index (χ2v) is 8.48. The summed E-state index contributed by atoms with van der Waals surface area (Å²) in [6.45, 7) is 2.00. The molecule has 2 heterocycles. The highest BCUT2D eigenvalue weighted by Crippen LogP contribution is 2.27. The number of fused-ring (bicyclic) bond motifs is 1. The molecule has 8 nitrogen and oxygen atoms in total. The average Bonchev–Trinajstić information content (AvgIpc) is 3.40. The lowest BCUT2D eigenvalue weighted by molar-refractivity contribution is -0.133. The SMILES string of the molecule is CN1C(=O)c2cc(C(=O)NCc3cccc(F)c3)nn2CC1(C)C(=O)NC1CCCC1. The van der Waals surface area contributed by atoms with E-state index >= 15 is 0 Å². The van der Waals surface area contributed by atoms with E-state index < -0.39 is 11.4 Å². The first-order chi connectivity index (χ1) is 14.8. The highest BCUT2D eigenvalue weighted by atomic mass is 19.1. The van der Waals surface area contributed by atoms with Crippen molar-refractivity contribution in [2.24, 2.45) is 0 Å². The van der Waals surface area contributed by atoms with E-state index in [2.05, 4.69) is 15.7 Å². The maximum atomic E-state index is 13.3. The van der Waals surface area contributed by atoms with E-state index in [1.165, 1.54) is 27.8 Å². The molecule has 3 amide bonds. The molecule has 1 unspecified atom stereocenters. The van der Waals surface area contributed by atoms with E-state index in [1.807, 2.05) is 0 Å². The quantitative estimate of drug-likeness (QED) is 0.761. The molecule has 1 aliphatic heterocycles. The summed E-state index contributed by atoms with van der Waals surface area (Å²) in [6.07, 6.45) is 4.08. The Balaban J connectivity index is 1.49. The number of hydrogen-bond acceptors (Lipinski definition) is 4. The van der Waals surface area contributed by atoms with E-state index in [9.17, 15) is 18.8 Å². The van der Waals surface area contributed by atoms with Crippen LogP contribution >= 0.6 is 0 Å². The van der Waals surface area contributed by atoms with Crippen molar-refractivity contribution in [3.63, 3.8) is 0 Å². The summed E-state index contributed by atoms with van der Waals surface area (Å²) in [6, 6.07) is 7.50. The van der Waals surface area contributed by atoms with Gasteiger partial charge < -0.3 is 15.5 Å². The Morgan fingerprint density at radius 2 is 2.00 bits per heavy atom. The number of amides is 3. The lowest BCUT2D eigenvalue weighted by atomic mass is 9.95. The molecule has 2 aliphatic rings. The van der Waals surface area contributed by atoms with Crippen LogP contribution in [-0.4, -0.2) is 51.0 Å². The molecule has 0 radical (unpaired) electrons. The minimum atomic E-state index is -1.10. The van der Waals surface area contributed by atoms with Crippen molar-refractivity contribution in [2.75, 3.05) is 7.05 Å². The monoisotopic (exact) mass is 427 g/mol. The zero-order valence-electron chi connectivity index (χ0n) is 17.7. The summed E-state index contributed by atoms with van der Waals surface area (Å²) >= 11 is 0. The first-order valence-corrected chi connectivity index (χ1v) is 10.5. The summed E-state index contributed by atoms with van der Waals surface area (Å²) in [7, 11) is 1.59. The van der Waals surface area contributed by atoms with E-state index in [1.54, 1.807) is 26.1 Å². The number of carbonyl (C=O) groups is 3. The molecule has 2 N–H and O–H groups in total. The number of aromatic nitrogens is 2. The van der Waals surface area contributed by atoms with Crippen molar-refractivity contribution in [3.05, 3.63) is 53.1 Å². The van der Waals surface area contributed by atoms with Crippen LogP contribution in [0.15, 0.2) is 30.3 Å². The van der Waals surface area contributed by atoms with E-state index in [0.29, 0.717) is 5.56 Å². The van der Waals surface area contributed by atoms with Crippen molar-refractivity contribution in [3.8, 4) is 0 Å². The third kappa shape index (κ3) is 4.04. The van der Waals surface area contributed by atoms with Crippen LogP contribution in [0.5, 0.6) is 0 Å².